The van der Waals surface area contributed by atoms with Crippen LogP contribution in [-0.2, 0) is 10.0 Å². The summed E-state index contributed by atoms with van der Waals surface area (Å²) in [5, 5.41) is 3.58. The molecule has 0 atom stereocenters. The second-order valence-electron chi connectivity index (χ2n) is 7.22. The molecule has 0 bridgehead atoms. The number of nitrogens with two attached hydrogens (primary N) is 1. The van der Waals surface area contributed by atoms with Crippen molar-refractivity contribution in [3.8, 4) is 0 Å². The van der Waals surface area contributed by atoms with E-state index in [1.807, 2.05) is 12.1 Å². The van der Waals surface area contributed by atoms with E-state index < -0.39 is 10.0 Å². The topological polar surface area (TPSA) is 78.7 Å². The third-order valence-electron chi connectivity index (χ3n) is 5.15. The highest BCUT2D eigenvalue weighted by Crippen LogP contribution is 2.48. The molecule has 0 unspecified atom stereocenters. The fraction of sp³-hybridized carbons (Fsp3) is 0.368. The molecule has 2 heterocycles. The molecular formula is C19H24N4O2S2. The van der Waals surface area contributed by atoms with Gasteiger partial charge in [0.25, 0.3) is 0 Å². The summed E-state index contributed by atoms with van der Waals surface area (Å²) in [7, 11) is -3.11. The van der Waals surface area contributed by atoms with Gasteiger partial charge >= 0.3 is 0 Å². The second kappa shape index (κ2) is 6.61. The average Bonchev–Trinajstić information content (AvgIpc) is 2.59. The summed E-state index contributed by atoms with van der Waals surface area (Å²) in [4.78, 5) is 4.57. The molecule has 3 N–H and O–H groups in total. The van der Waals surface area contributed by atoms with Gasteiger partial charge in [-0.2, -0.15) is 4.31 Å². The summed E-state index contributed by atoms with van der Waals surface area (Å²) in [6.45, 7) is 6.63. The molecule has 1 saturated heterocycles. The van der Waals surface area contributed by atoms with Crippen LogP contribution in [0, 0.1) is 13.8 Å². The van der Waals surface area contributed by atoms with Gasteiger partial charge in [0.1, 0.15) is 0 Å². The highest BCUT2D eigenvalue weighted by Gasteiger charge is 2.26. The normalized spacial score (nSPS) is 17.2. The first-order valence-electron chi connectivity index (χ1n) is 8.92. The van der Waals surface area contributed by atoms with Crippen LogP contribution in [0.25, 0.3) is 0 Å². The Balaban J connectivity index is 1.62. The van der Waals surface area contributed by atoms with Gasteiger partial charge in [-0.3, -0.25) is 0 Å². The number of anilines is 4. The molecule has 144 valence electrons. The standard InChI is InChI=1S/C19H24N4O2S2/c1-12-8-14(20)10-16-18(12)21-19-13(2)9-15(11-17(19)26-16)22-4-6-23(7-5-22)27(3,24)25/h8-11,21H,4-7,20H2,1-3H3. The number of fused-ring (bicyclic) bond motifs is 2. The summed E-state index contributed by atoms with van der Waals surface area (Å²) in [6, 6.07) is 8.37. The Bertz CT molecular complexity index is 1010. The molecule has 0 radical (unpaired) electrons. The van der Waals surface area contributed by atoms with Gasteiger partial charge in [0.15, 0.2) is 0 Å². The lowest BCUT2D eigenvalue weighted by Crippen LogP contribution is -2.48. The van der Waals surface area contributed by atoms with Gasteiger partial charge in [0.2, 0.25) is 10.0 Å². The Kier molecular flexibility index (Phi) is 4.52. The van der Waals surface area contributed by atoms with Crippen LogP contribution < -0.4 is 16.0 Å². The minimum absolute atomic E-state index is 0.527. The molecule has 0 saturated carbocycles. The number of nitrogens with one attached hydrogen (secondary N) is 1. The molecule has 27 heavy (non-hydrogen) atoms. The maximum absolute atomic E-state index is 11.7. The number of aryl methyl sites for hydroxylation is 2. The Hall–Kier alpha value is -1.90. The highest BCUT2D eigenvalue weighted by atomic mass is 32.2. The van der Waals surface area contributed by atoms with Crippen molar-refractivity contribution in [1.29, 1.82) is 0 Å². The van der Waals surface area contributed by atoms with Crippen LogP contribution in [-0.4, -0.2) is 45.2 Å². The molecule has 2 aliphatic rings. The quantitative estimate of drug-likeness (QED) is 0.639. The van der Waals surface area contributed by atoms with E-state index in [1.165, 1.54) is 16.7 Å². The van der Waals surface area contributed by atoms with Gasteiger partial charge in [-0.1, -0.05) is 11.8 Å². The van der Waals surface area contributed by atoms with Crippen molar-refractivity contribution < 1.29 is 8.42 Å². The molecular weight excluding hydrogens is 380 g/mol. The van der Waals surface area contributed by atoms with E-state index in [2.05, 4.69) is 36.2 Å². The predicted molar refractivity (Wildman–Crippen MR) is 113 cm³/mol. The predicted octanol–water partition coefficient (Wildman–Crippen LogP) is 3.18. The monoisotopic (exact) mass is 404 g/mol. The van der Waals surface area contributed by atoms with Gasteiger partial charge in [-0.25, -0.2) is 8.42 Å². The van der Waals surface area contributed by atoms with Crippen molar-refractivity contribution in [3.05, 3.63) is 35.4 Å². The first kappa shape index (κ1) is 18.5. The zero-order chi connectivity index (χ0) is 19.3. The van der Waals surface area contributed by atoms with Crippen LogP contribution in [0.2, 0.25) is 0 Å². The van der Waals surface area contributed by atoms with E-state index in [1.54, 1.807) is 16.1 Å². The van der Waals surface area contributed by atoms with Crippen molar-refractivity contribution in [2.75, 3.05) is 48.4 Å². The molecule has 0 amide bonds. The zero-order valence-corrected chi connectivity index (χ0v) is 17.4. The first-order valence-corrected chi connectivity index (χ1v) is 11.6. The molecule has 0 aliphatic carbocycles. The van der Waals surface area contributed by atoms with Crippen LogP contribution in [0.5, 0.6) is 0 Å². The van der Waals surface area contributed by atoms with Crippen molar-refractivity contribution in [3.63, 3.8) is 0 Å². The fourth-order valence-corrected chi connectivity index (χ4v) is 5.77. The van der Waals surface area contributed by atoms with E-state index in [4.69, 9.17) is 5.73 Å². The second-order valence-corrected chi connectivity index (χ2v) is 10.3. The Morgan fingerprint density at radius 1 is 0.963 bits per heavy atom. The molecule has 0 aromatic heterocycles. The third-order valence-corrected chi connectivity index (χ3v) is 7.54. The number of sulfonamides is 1. The molecule has 1 fully saturated rings. The van der Waals surface area contributed by atoms with E-state index in [-0.39, 0.29) is 0 Å². The van der Waals surface area contributed by atoms with E-state index in [0.29, 0.717) is 26.2 Å². The van der Waals surface area contributed by atoms with Crippen molar-refractivity contribution in [2.45, 2.75) is 23.6 Å². The number of benzene rings is 2. The van der Waals surface area contributed by atoms with E-state index in [0.717, 1.165) is 33.2 Å². The van der Waals surface area contributed by atoms with Crippen LogP contribution in [0.4, 0.5) is 22.7 Å². The third kappa shape index (κ3) is 3.49. The SMILES string of the molecule is Cc1cc(N)cc2c1Nc1c(C)cc(N3CCN(S(C)(=O)=O)CC3)cc1S2. The number of nitrogens with zero attached hydrogens (tertiary/aromatic N) is 2. The lowest BCUT2D eigenvalue weighted by Gasteiger charge is -2.35. The number of hydrogen-bond acceptors (Lipinski definition) is 6. The number of nitrogen functional groups attached to an aromatic ring is 1. The van der Waals surface area contributed by atoms with Gasteiger partial charge in [0.05, 0.1) is 17.6 Å². The lowest BCUT2D eigenvalue weighted by atomic mass is 10.1. The van der Waals surface area contributed by atoms with Crippen molar-refractivity contribution in [1.82, 2.24) is 4.31 Å². The summed E-state index contributed by atoms with van der Waals surface area (Å²) in [6.07, 6.45) is 1.28. The average molecular weight is 405 g/mol. The Morgan fingerprint density at radius 3 is 2.19 bits per heavy atom. The van der Waals surface area contributed by atoms with E-state index in [9.17, 15) is 8.42 Å². The Labute approximate surface area is 164 Å². The first-order chi connectivity index (χ1) is 12.7. The summed E-state index contributed by atoms with van der Waals surface area (Å²) in [5.74, 6) is 0. The van der Waals surface area contributed by atoms with Gasteiger partial charge in [-0.05, 0) is 49.2 Å². The zero-order valence-electron chi connectivity index (χ0n) is 15.7. The molecule has 2 aliphatic heterocycles. The van der Waals surface area contributed by atoms with Crippen molar-refractivity contribution >= 4 is 44.5 Å². The van der Waals surface area contributed by atoms with Crippen molar-refractivity contribution in [2.24, 2.45) is 0 Å². The van der Waals surface area contributed by atoms with E-state index >= 15 is 0 Å². The maximum Gasteiger partial charge on any atom is 0.211 e. The molecule has 8 heteroatoms. The minimum atomic E-state index is -3.11. The highest BCUT2D eigenvalue weighted by molar-refractivity contribution is 7.99. The summed E-state index contributed by atoms with van der Waals surface area (Å²) in [5.41, 5.74) is 12.5. The van der Waals surface area contributed by atoms with Crippen LogP contribution >= 0.6 is 11.8 Å². The summed E-state index contributed by atoms with van der Waals surface area (Å²) >= 11 is 1.73. The van der Waals surface area contributed by atoms with Gasteiger partial charge < -0.3 is 16.0 Å². The maximum atomic E-state index is 11.7. The molecule has 0 spiro atoms. The largest absolute Gasteiger partial charge is 0.399 e. The van der Waals surface area contributed by atoms with Crippen LogP contribution in [0.1, 0.15) is 11.1 Å². The molecule has 4 rings (SSSR count). The van der Waals surface area contributed by atoms with Gasteiger partial charge in [-0.15, -0.1) is 0 Å². The molecule has 2 aromatic rings. The Morgan fingerprint density at radius 2 is 1.56 bits per heavy atom. The smallest absolute Gasteiger partial charge is 0.211 e. The number of hydrogen-bond donors (Lipinski definition) is 2. The lowest BCUT2D eigenvalue weighted by molar-refractivity contribution is 0.388. The van der Waals surface area contributed by atoms with Gasteiger partial charge in [0, 0.05) is 47.3 Å². The number of piperazine rings is 1. The van der Waals surface area contributed by atoms with Crippen LogP contribution in [0.3, 0.4) is 0 Å². The summed E-state index contributed by atoms with van der Waals surface area (Å²) < 4.78 is 25.0. The fourth-order valence-electron chi connectivity index (χ4n) is 3.70. The molecule has 6 nitrogen and oxygen atoms in total. The molecule has 2 aromatic carbocycles. The number of rotatable bonds is 2. The minimum Gasteiger partial charge on any atom is -0.399 e. The van der Waals surface area contributed by atoms with Crippen LogP contribution in [0.15, 0.2) is 34.1 Å².